The second-order valence-electron chi connectivity index (χ2n) is 5.14. The third-order valence-electron chi connectivity index (χ3n) is 3.47. The quantitative estimate of drug-likeness (QED) is 0.508. The number of halogens is 2. The highest BCUT2D eigenvalue weighted by molar-refractivity contribution is 7.99. The number of hydrogen-bond donors (Lipinski definition) is 1. The minimum Gasteiger partial charge on any atom is -0.323 e. The molecule has 0 radical (unpaired) electrons. The number of rotatable bonds is 5. The van der Waals surface area contributed by atoms with Crippen LogP contribution in [0.3, 0.4) is 0 Å². The minimum absolute atomic E-state index is 0.183. The summed E-state index contributed by atoms with van der Waals surface area (Å²) in [7, 11) is 0. The Labute approximate surface area is 159 Å². The molecular weight excluding hydrogens is 379 g/mol. The van der Waals surface area contributed by atoms with Crippen LogP contribution < -0.4 is 5.32 Å². The molecule has 5 nitrogen and oxygen atoms in total. The van der Waals surface area contributed by atoms with Crippen molar-refractivity contribution in [2.75, 3.05) is 11.1 Å². The molecule has 0 atom stereocenters. The number of carbonyl (C=O) groups is 1. The molecule has 2 heterocycles. The van der Waals surface area contributed by atoms with Crippen molar-refractivity contribution in [2.24, 2.45) is 0 Å². The highest BCUT2D eigenvalue weighted by Gasteiger charge is 2.12. The molecule has 0 saturated carbocycles. The summed E-state index contributed by atoms with van der Waals surface area (Å²) < 4.78 is 1.91. The Morgan fingerprint density at radius 2 is 2.04 bits per heavy atom. The number of thioether (sulfide) groups is 1. The van der Waals surface area contributed by atoms with Gasteiger partial charge in [0.15, 0.2) is 10.3 Å². The fourth-order valence-corrected chi connectivity index (χ4v) is 3.33. The Morgan fingerprint density at radius 1 is 1.20 bits per heavy atom. The monoisotopic (exact) mass is 392 g/mol. The van der Waals surface area contributed by atoms with E-state index in [9.17, 15) is 4.79 Å². The molecule has 0 saturated heterocycles. The van der Waals surface area contributed by atoms with Gasteiger partial charge in [0.25, 0.3) is 0 Å². The lowest BCUT2D eigenvalue weighted by atomic mass is 10.2. The van der Waals surface area contributed by atoms with Crippen molar-refractivity contribution in [3.05, 3.63) is 64.7 Å². The van der Waals surface area contributed by atoms with E-state index in [0.29, 0.717) is 15.9 Å². The van der Waals surface area contributed by atoms with Crippen molar-refractivity contribution in [3.63, 3.8) is 0 Å². The summed E-state index contributed by atoms with van der Waals surface area (Å²) in [6.45, 7) is 1.95. The van der Waals surface area contributed by atoms with E-state index in [1.165, 1.54) is 11.8 Å². The van der Waals surface area contributed by atoms with Gasteiger partial charge in [-0.25, -0.2) is 9.97 Å². The van der Waals surface area contributed by atoms with Gasteiger partial charge in [-0.2, -0.15) is 0 Å². The average Bonchev–Trinajstić information content (AvgIpc) is 3.06. The molecule has 2 aromatic heterocycles. The number of anilines is 1. The molecule has 128 valence electrons. The number of hydrogen-bond acceptors (Lipinski definition) is 4. The van der Waals surface area contributed by atoms with Gasteiger partial charge in [0.1, 0.15) is 0 Å². The normalized spacial score (nSPS) is 10.7. The number of aromatic nitrogens is 3. The third kappa shape index (κ3) is 4.15. The molecule has 3 rings (SSSR count). The van der Waals surface area contributed by atoms with Crippen LogP contribution in [-0.4, -0.2) is 26.2 Å². The fraction of sp³-hybridized carbons (Fsp3) is 0.118. The van der Waals surface area contributed by atoms with Gasteiger partial charge in [0.05, 0.1) is 17.1 Å². The van der Waals surface area contributed by atoms with Crippen molar-refractivity contribution in [2.45, 2.75) is 12.1 Å². The minimum atomic E-state index is -0.183. The van der Waals surface area contributed by atoms with Crippen LogP contribution in [0, 0.1) is 6.92 Å². The van der Waals surface area contributed by atoms with Gasteiger partial charge in [0, 0.05) is 23.6 Å². The number of amides is 1. The summed E-state index contributed by atoms with van der Waals surface area (Å²) in [5.41, 5.74) is 2.38. The van der Waals surface area contributed by atoms with Crippen LogP contribution >= 0.6 is 35.0 Å². The first kappa shape index (κ1) is 17.8. The van der Waals surface area contributed by atoms with Gasteiger partial charge < -0.3 is 5.32 Å². The summed E-state index contributed by atoms with van der Waals surface area (Å²) in [4.78, 5) is 20.4. The molecule has 0 spiro atoms. The zero-order valence-corrected chi connectivity index (χ0v) is 15.6. The number of benzene rings is 1. The van der Waals surface area contributed by atoms with Gasteiger partial charge >= 0.3 is 0 Å². The lowest BCUT2D eigenvalue weighted by molar-refractivity contribution is -0.113. The van der Waals surface area contributed by atoms with Crippen molar-refractivity contribution in [3.8, 4) is 5.69 Å². The second kappa shape index (κ2) is 7.91. The highest BCUT2D eigenvalue weighted by Crippen LogP contribution is 2.27. The van der Waals surface area contributed by atoms with Crippen molar-refractivity contribution < 1.29 is 4.79 Å². The van der Waals surface area contributed by atoms with E-state index in [4.69, 9.17) is 23.2 Å². The number of carbonyl (C=O) groups excluding carboxylic acids is 1. The molecule has 0 aliphatic carbocycles. The largest absolute Gasteiger partial charge is 0.323 e. The van der Waals surface area contributed by atoms with Crippen molar-refractivity contribution in [1.29, 1.82) is 0 Å². The van der Waals surface area contributed by atoms with Crippen LogP contribution in [0.1, 0.15) is 5.56 Å². The SMILES string of the molecule is Cc1c(Cl)cccc1-n1ccnc1SCC(=O)Nc1cccnc1Cl. The number of nitrogens with zero attached hydrogens (tertiary/aromatic N) is 3. The molecule has 0 aliphatic heterocycles. The molecular formula is C17H14Cl2N4OS. The van der Waals surface area contributed by atoms with Crippen LogP contribution in [0.5, 0.6) is 0 Å². The molecule has 25 heavy (non-hydrogen) atoms. The Morgan fingerprint density at radius 3 is 2.84 bits per heavy atom. The van der Waals surface area contributed by atoms with Gasteiger partial charge in [-0.3, -0.25) is 9.36 Å². The van der Waals surface area contributed by atoms with Crippen LogP contribution in [0.4, 0.5) is 5.69 Å². The van der Waals surface area contributed by atoms with E-state index in [1.54, 1.807) is 24.5 Å². The first-order chi connectivity index (χ1) is 12.1. The van der Waals surface area contributed by atoms with Crippen LogP contribution in [0.2, 0.25) is 10.2 Å². The van der Waals surface area contributed by atoms with Crippen molar-refractivity contribution in [1.82, 2.24) is 14.5 Å². The van der Waals surface area contributed by atoms with E-state index in [-0.39, 0.29) is 16.8 Å². The standard InChI is InChI=1S/C17H14Cl2N4OS/c1-11-12(18)4-2-6-14(11)23-9-8-21-17(23)25-10-15(24)22-13-5-3-7-20-16(13)19/h2-9H,10H2,1H3,(H,22,24). The van der Waals surface area contributed by atoms with Crippen LogP contribution in [-0.2, 0) is 4.79 Å². The maximum absolute atomic E-state index is 12.2. The highest BCUT2D eigenvalue weighted by atomic mass is 35.5. The second-order valence-corrected chi connectivity index (χ2v) is 6.85. The third-order valence-corrected chi connectivity index (χ3v) is 5.15. The van der Waals surface area contributed by atoms with Gasteiger partial charge in [-0.05, 0) is 36.8 Å². The number of pyridine rings is 1. The Kier molecular flexibility index (Phi) is 5.63. The Bertz CT molecular complexity index is 913. The zero-order chi connectivity index (χ0) is 17.8. The molecule has 0 aliphatic rings. The molecule has 0 bridgehead atoms. The predicted molar refractivity (Wildman–Crippen MR) is 102 cm³/mol. The van der Waals surface area contributed by atoms with E-state index < -0.39 is 0 Å². The van der Waals surface area contributed by atoms with Gasteiger partial charge in [-0.15, -0.1) is 0 Å². The average molecular weight is 393 g/mol. The molecule has 1 amide bonds. The fourth-order valence-electron chi connectivity index (χ4n) is 2.23. The molecule has 0 fully saturated rings. The van der Waals surface area contributed by atoms with Crippen LogP contribution in [0.25, 0.3) is 5.69 Å². The van der Waals surface area contributed by atoms with E-state index in [2.05, 4.69) is 15.3 Å². The van der Waals surface area contributed by atoms with E-state index in [1.807, 2.05) is 35.9 Å². The Hall–Kier alpha value is -2.02. The van der Waals surface area contributed by atoms with Gasteiger partial charge in [0.2, 0.25) is 5.91 Å². The molecule has 1 aromatic carbocycles. The molecule has 8 heteroatoms. The Balaban J connectivity index is 1.71. The topological polar surface area (TPSA) is 59.8 Å². The van der Waals surface area contributed by atoms with Gasteiger partial charge in [-0.1, -0.05) is 41.0 Å². The summed E-state index contributed by atoms with van der Waals surface area (Å²) in [6, 6.07) is 9.10. The lowest BCUT2D eigenvalue weighted by Crippen LogP contribution is -2.15. The van der Waals surface area contributed by atoms with Crippen LogP contribution in [0.15, 0.2) is 54.1 Å². The summed E-state index contributed by atoms with van der Waals surface area (Å²) in [5, 5.41) is 4.39. The molecule has 0 unspecified atom stereocenters. The van der Waals surface area contributed by atoms with E-state index >= 15 is 0 Å². The number of nitrogens with one attached hydrogen (secondary N) is 1. The molecule has 1 N–H and O–H groups in total. The lowest BCUT2D eigenvalue weighted by Gasteiger charge is -2.11. The summed E-state index contributed by atoms with van der Waals surface area (Å²) in [6.07, 6.45) is 5.10. The predicted octanol–water partition coefficient (Wildman–Crippen LogP) is 4.61. The summed E-state index contributed by atoms with van der Waals surface area (Å²) >= 11 is 13.5. The van der Waals surface area contributed by atoms with E-state index in [0.717, 1.165) is 11.3 Å². The number of imidazole rings is 1. The smallest absolute Gasteiger partial charge is 0.234 e. The first-order valence-corrected chi connectivity index (χ1v) is 9.12. The summed E-state index contributed by atoms with van der Waals surface area (Å²) in [5.74, 6) is 0.0132. The first-order valence-electron chi connectivity index (χ1n) is 7.38. The zero-order valence-electron chi connectivity index (χ0n) is 13.2. The molecule has 3 aromatic rings. The maximum Gasteiger partial charge on any atom is 0.234 e. The maximum atomic E-state index is 12.2. The van der Waals surface area contributed by atoms with Crippen molar-refractivity contribution >= 4 is 46.6 Å².